The van der Waals surface area contributed by atoms with Crippen LogP contribution in [-0.2, 0) is 6.54 Å². The number of fused-ring (bicyclic) bond motifs is 1. The van der Waals surface area contributed by atoms with Gasteiger partial charge in [0.2, 0.25) is 5.89 Å². The van der Waals surface area contributed by atoms with Crippen molar-refractivity contribution in [2.75, 3.05) is 13.1 Å². The number of benzene rings is 1. The number of thiazole rings is 1. The van der Waals surface area contributed by atoms with Crippen LogP contribution in [0.1, 0.15) is 42.3 Å². The first kappa shape index (κ1) is 20.0. The highest BCUT2D eigenvalue weighted by atomic mass is 32.1. The molecule has 0 radical (unpaired) electrons. The number of pyridine rings is 1. The molecule has 0 unspecified atom stereocenters. The zero-order valence-electron chi connectivity index (χ0n) is 16.4. The van der Waals surface area contributed by atoms with E-state index in [0.29, 0.717) is 23.7 Å². The lowest BCUT2D eigenvalue weighted by Gasteiger charge is -2.23. The molecule has 4 heterocycles. The van der Waals surface area contributed by atoms with Crippen molar-refractivity contribution in [2.24, 2.45) is 0 Å². The molecule has 1 aromatic carbocycles. The summed E-state index contributed by atoms with van der Waals surface area (Å²) in [7, 11) is 0. The van der Waals surface area contributed by atoms with Gasteiger partial charge in [0.15, 0.2) is 0 Å². The third kappa shape index (κ3) is 4.00. The largest absolute Gasteiger partial charge is 0.415 e. The summed E-state index contributed by atoms with van der Waals surface area (Å²) in [4.78, 5) is 16.9. The third-order valence-corrected chi connectivity index (χ3v) is 6.46. The van der Waals surface area contributed by atoms with Gasteiger partial charge >= 0.3 is 11.3 Å². The van der Waals surface area contributed by atoms with E-state index in [2.05, 4.69) is 32.6 Å². The number of nitrogens with one attached hydrogen (secondary N) is 1. The van der Waals surface area contributed by atoms with Crippen LogP contribution in [0, 0.1) is 0 Å². The van der Waals surface area contributed by atoms with Crippen LogP contribution >= 0.6 is 11.3 Å². The highest BCUT2D eigenvalue weighted by Gasteiger charge is 2.18. The van der Waals surface area contributed by atoms with E-state index in [9.17, 15) is 13.6 Å². The van der Waals surface area contributed by atoms with Gasteiger partial charge < -0.3 is 9.73 Å². The average molecular weight is 443 g/mol. The van der Waals surface area contributed by atoms with Crippen molar-refractivity contribution in [1.82, 2.24) is 25.1 Å². The van der Waals surface area contributed by atoms with E-state index in [1.807, 2.05) is 6.07 Å². The molecule has 0 amide bonds. The van der Waals surface area contributed by atoms with Crippen molar-refractivity contribution in [3.63, 3.8) is 0 Å². The first-order chi connectivity index (χ1) is 15.1. The molecule has 4 aromatic rings. The Morgan fingerprint density at radius 1 is 1.19 bits per heavy atom. The third-order valence-electron chi connectivity index (χ3n) is 5.52. The van der Waals surface area contributed by atoms with E-state index < -0.39 is 12.3 Å². The van der Waals surface area contributed by atoms with E-state index in [-0.39, 0.29) is 10.8 Å². The van der Waals surface area contributed by atoms with Crippen molar-refractivity contribution < 1.29 is 13.2 Å². The maximum Gasteiger partial charge on any atom is 0.314 e. The zero-order chi connectivity index (χ0) is 21.4. The molecule has 0 aliphatic carbocycles. The molecule has 0 saturated carbocycles. The molecule has 1 N–H and O–H groups in total. The lowest BCUT2D eigenvalue weighted by atomic mass is 9.90. The molecule has 31 heavy (non-hydrogen) atoms. The molecule has 10 heteroatoms. The maximum atomic E-state index is 12.6. The second-order valence-electron chi connectivity index (χ2n) is 7.49. The zero-order valence-corrected chi connectivity index (χ0v) is 17.2. The van der Waals surface area contributed by atoms with Gasteiger partial charge in [-0.3, -0.25) is 14.3 Å². The van der Waals surface area contributed by atoms with E-state index in [4.69, 9.17) is 4.42 Å². The lowest BCUT2D eigenvalue weighted by Crippen LogP contribution is -2.26. The normalized spacial score (nSPS) is 15.2. The molecule has 0 bridgehead atoms. The Kier molecular flexibility index (Phi) is 5.33. The minimum Gasteiger partial charge on any atom is -0.415 e. The van der Waals surface area contributed by atoms with Crippen LogP contribution in [0.15, 0.2) is 45.7 Å². The molecule has 5 rings (SSSR count). The molecule has 1 saturated heterocycles. The molecule has 0 atom stereocenters. The molecule has 160 valence electrons. The van der Waals surface area contributed by atoms with Gasteiger partial charge in [0.25, 0.3) is 5.89 Å². The van der Waals surface area contributed by atoms with Crippen LogP contribution in [0.3, 0.4) is 0 Å². The minimum absolute atomic E-state index is 0.0158. The van der Waals surface area contributed by atoms with Gasteiger partial charge in [-0.05, 0) is 61.7 Å². The Bertz CT molecular complexity index is 1260. The van der Waals surface area contributed by atoms with Crippen molar-refractivity contribution >= 4 is 21.6 Å². The van der Waals surface area contributed by atoms with Crippen LogP contribution < -0.4 is 10.2 Å². The standard InChI is InChI=1S/C21H19F2N5O2S/c22-18(23)20-27-26-19(30-20)14-1-3-15(25-10-14)11-28-16-4-2-13(9-17(16)31-21(28)29)12-5-7-24-8-6-12/h1-4,9-10,12,18,24H,5-8,11H2. The van der Waals surface area contributed by atoms with Gasteiger partial charge in [0, 0.05) is 6.20 Å². The molecule has 0 spiro atoms. The van der Waals surface area contributed by atoms with Gasteiger partial charge in [-0.25, -0.2) is 0 Å². The van der Waals surface area contributed by atoms with E-state index >= 15 is 0 Å². The van der Waals surface area contributed by atoms with E-state index in [0.717, 1.165) is 36.1 Å². The topological polar surface area (TPSA) is 85.8 Å². The summed E-state index contributed by atoms with van der Waals surface area (Å²) in [6.07, 6.45) is 0.877. The first-order valence-corrected chi connectivity index (χ1v) is 10.8. The Hall–Kier alpha value is -2.98. The van der Waals surface area contributed by atoms with Crippen LogP contribution in [0.2, 0.25) is 0 Å². The molecule has 1 aliphatic heterocycles. The molecule has 3 aromatic heterocycles. The Morgan fingerprint density at radius 2 is 2.03 bits per heavy atom. The molecular formula is C21H19F2N5O2S. The number of hydrogen-bond acceptors (Lipinski definition) is 7. The molecular weight excluding hydrogens is 424 g/mol. The summed E-state index contributed by atoms with van der Waals surface area (Å²) in [6.45, 7) is 2.36. The Labute approximate surface area is 179 Å². The summed E-state index contributed by atoms with van der Waals surface area (Å²) in [5.41, 5.74) is 3.28. The Morgan fingerprint density at radius 3 is 2.74 bits per heavy atom. The van der Waals surface area contributed by atoms with Crippen molar-refractivity contribution in [3.8, 4) is 11.5 Å². The highest BCUT2D eigenvalue weighted by molar-refractivity contribution is 7.16. The fourth-order valence-corrected chi connectivity index (χ4v) is 4.83. The quantitative estimate of drug-likeness (QED) is 0.503. The smallest absolute Gasteiger partial charge is 0.314 e. The van der Waals surface area contributed by atoms with E-state index in [1.54, 1.807) is 16.7 Å². The van der Waals surface area contributed by atoms with Crippen molar-refractivity contribution in [2.45, 2.75) is 31.7 Å². The molecule has 1 aliphatic rings. The van der Waals surface area contributed by atoms with Gasteiger partial charge in [-0.2, -0.15) is 8.78 Å². The highest BCUT2D eigenvalue weighted by Crippen LogP contribution is 2.29. The minimum atomic E-state index is -2.82. The second-order valence-corrected chi connectivity index (χ2v) is 8.48. The second kappa shape index (κ2) is 8.27. The Balaban J connectivity index is 1.38. The first-order valence-electron chi connectivity index (χ1n) is 9.99. The summed E-state index contributed by atoms with van der Waals surface area (Å²) >= 11 is 1.24. The number of alkyl halides is 2. The van der Waals surface area contributed by atoms with Crippen LogP contribution in [-0.4, -0.2) is 32.8 Å². The fraction of sp³-hybridized carbons (Fsp3) is 0.333. The number of halogens is 2. The van der Waals surface area contributed by atoms with E-state index in [1.165, 1.54) is 23.1 Å². The summed E-state index contributed by atoms with van der Waals surface area (Å²) in [6, 6.07) is 9.67. The molecule has 7 nitrogen and oxygen atoms in total. The average Bonchev–Trinajstić information content (AvgIpc) is 3.40. The van der Waals surface area contributed by atoms with Gasteiger partial charge in [-0.15, -0.1) is 10.2 Å². The monoisotopic (exact) mass is 443 g/mol. The number of piperidine rings is 1. The summed E-state index contributed by atoms with van der Waals surface area (Å²) < 4.78 is 32.9. The SMILES string of the molecule is O=c1sc2cc(C3CCNCC3)ccc2n1Cc1ccc(-c2nnc(C(F)F)o2)cn1. The fourth-order valence-electron chi connectivity index (χ4n) is 3.89. The van der Waals surface area contributed by atoms with Gasteiger partial charge in [-0.1, -0.05) is 17.4 Å². The predicted molar refractivity (Wildman–Crippen MR) is 113 cm³/mol. The van der Waals surface area contributed by atoms with Gasteiger partial charge in [0.05, 0.1) is 28.0 Å². The molecule has 1 fully saturated rings. The van der Waals surface area contributed by atoms with Crippen LogP contribution in [0.5, 0.6) is 0 Å². The van der Waals surface area contributed by atoms with Gasteiger partial charge in [0.1, 0.15) is 0 Å². The number of rotatable bonds is 5. The van der Waals surface area contributed by atoms with Crippen LogP contribution in [0.4, 0.5) is 8.78 Å². The van der Waals surface area contributed by atoms with Crippen molar-refractivity contribution in [1.29, 1.82) is 0 Å². The number of nitrogens with zero attached hydrogens (tertiary/aromatic N) is 4. The maximum absolute atomic E-state index is 12.6. The number of aromatic nitrogens is 4. The van der Waals surface area contributed by atoms with Crippen LogP contribution in [0.25, 0.3) is 21.7 Å². The summed E-state index contributed by atoms with van der Waals surface area (Å²) in [5.74, 6) is -0.210. The number of hydrogen-bond donors (Lipinski definition) is 1. The predicted octanol–water partition coefficient (Wildman–Crippen LogP) is 3.96. The summed E-state index contributed by atoms with van der Waals surface area (Å²) in [5, 5.41) is 10.3. The van der Waals surface area contributed by atoms with Crippen molar-refractivity contribution in [3.05, 3.63) is 63.3 Å². The lowest BCUT2D eigenvalue weighted by molar-refractivity contribution is 0.116.